The van der Waals surface area contributed by atoms with E-state index in [1.807, 2.05) is 5.38 Å². The lowest BCUT2D eigenvalue weighted by Gasteiger charge is -2.21. The van der Waals surface area contributed by atoms with E-state index in [1.165, 1.54) is 43.4 Å². The summed E-state index contributed by atoms with van der Waals surface area (Å²) >= 11 is 1.44. The van der Waals surface area contributed by atoms with Crippen LogP contribution in [0.3, 0.4) is 0 Å². The maximum absolute atomic E-state index is 11.5. The first-order valence-corrected chi connectivity index (χ1v) is 7.12. The van der Waals surface area contributed by atoms with E-state index in [1.54, 1.807) is 6.20 Å². The largest absolute Gasteiger partial charge is 0.308 e. The average molecular weight is 253 g/mol. The monoisotopic (exact) mass is 253 g/mol. The van der Waals surface area contributed by atoms with Gasteiger partial charge < -0.3 is 10.6 Å². The summed E-state index contributed by atoms with van der Waals surface area (Å²) in [5, 5.41) is 8.53. The molecule has 94 valence electrons. The van der Waals surface area contributed by atoms with E-state index >= 15 is 0 Å². The molecule has 1 aliphatic carbocycles. The Bertz CT molecular complexity index is 334. The van der Waals surface area contributed by atoms with Gasteiger partial charge in [-0.2, -0.15) is 0 Å². The number of carbonyl (C=O) groups is 1. The minimum atomic E-state index is -0.00393. The molecule has 1 heterocycles. The number of carbonyl (C=O) groups excluding carboxylic acids is 1. The van der Waals surface area contributed by atoms with Gasteiger partial charge >= 0.3 is 0 Å². The smallest absolute Gasteiger partial charge is 0.240 e. The van der Waals surface area contributed by atoms with Gasteiger partial charge in [0.1, 0.15) is 0 Å². The highest BCUT2D eigenvalue weighted by atomic mass is 32.1. The van der Waals surface area contributed by atoms with Crippen LogP contribution in [0.25, 0.3) is 0 Å². The topological polar surface area (TPSA) is 54.0 Å². The normalized spacial score (nSPS) is 16.9. The van der Waals surface area contributed by atoms with Gasteiger partial charge in [-0.3, -0.25) is 4.79 Å². The van der Waals surface area contributed by atoms with Crippen molar-refractivity contribution < 1.29 is 4.79 Å². The Kier molecular flexibility index (Phi) is 4.94. The van der Waals surface area contributed by atoms with Crippen LogP contribution in [0.2, 0.25) is 0 Å². The first kappa shape index (κ1) is 12.5. The Morgan fingerprint density at radius 3 is 2.94 bits per heavy atom. The number of rotatable bonds is 5. The van der Waals surface area contributed by atoms with Crippen LogP contribution in [0.4, 0.5) is 5.13 Å². The second kappa shape index (κ2) is 6.71. The second-order valence-corrected chi connectivity index (χ2v) is 5.41. The van der Waals surface area contributed by atoms with Crippen LogP contribution in [0.15, 0.2) is 11.6 Å². The zero-order valence-electron chi connectivity index (χ0n) is 9.95. The number of hydrogen-bond acceptors (Lipinski definition) is 4. The Balaban J connectivity index is 1.59. The van der Waals surface area contributed by atoms with Gasteiger partial charge in [-0.05, 0) is 25.3 Å². The molecule has 1 aromatic heterocycles. The minimum Gasteiger partial charge on any atom is -0.308 e. The molecule has 4 nitrogen and oxygen atoms in total. The van der Waals surface area contributed by atoms with Crippen molar-refractivity contribution in [1.82, 2.24) is 10.3 Å². The highest BCUT2D eigenvalue weighted by Gasteiger charge is 2.13. The van der Waals surface area contributed by atoms with E-state index in [4.69, 9.17) is 0 Å². The zero-order chi connectivity index (χ0) is 11.9. The lowest BCUT2D eigenvalue weighted by molar-refractivity contribution is -0.115. The highest BCUT2D eigenvalue weighted by molar-refractivity contribution is 7.13. The number of anilines is 1. The van der Waals surface area contributed by atoms with Crippen LogP contribution in [0.1, 0.15) is 32.1 Å². The van der Waals surface area contributed by atoms with Crippen molar-refractivity contribution in [1.29, 1.82) is 0 Å². The van der Waals surface area contributed by atoms with Crippen molar-refractivity contribution in [3.63, 3.8) is 0 Å². The van der Waals surface area contributed by atoms with E-state index in [2.05, 4.69) is 15.6 Å². The predicted molar refractivity (Wildman–Crippen MR) is 70.2 cm³/mol. The summed E-state index contributed by atoms with van der Waals surface area (Å²) in [6.45, 7) is 1.35. The summed E-state index contributed by atoms with van der Waals surface area (Å²) in [5.41, 5.74) is 0. The van der Waals surface area contributed by atoms with Crippen LogP contribution in [0, 0.1) is 5.92 Å². The molecule has 5 heteroatoms. The van der Waals surface area contributed by atoms with E-state index in [0.717, 1.165) is 12.5 Å². The predicted octanol–water partition coefficient (Wildman–Crippen LogP) is 2.25. The Labute approximate surface area is 106 Å². The van der Waals surface area contributed by atoms with Crippen LogP contribution in [0.5, 0.6) is 0 Å². The van der Waals surface area contributed by atoms with Crippen molar-refractivity contribution in [2.45, 2.75) is 32.1 Å². The van der Waals surface area contributed by atoms with Crippen LogP contribution >= 0.6 is 11.3 Å². The van der Waals surface area contributed by atoms with Gasteiger partial charge in [0.15, 0.2) is 5.13 Å². The number of hydrogen-bond donors (Lipinski definition) is 2. The fourth-order valence-corrected chi connectivity index (χ4v) is 2.77. The Morgan fingerprint density at radius 2 is 2.24 bits per heavy atom. The lowest BCUT2D eigenvalue weighted by atomic mass is 9.89. The molecule has 0 saturated heterocycles. The van der Waals surface area contributed by atoms with Gasteiger partial charge in [0.05, 0.1) is 6.54 Å². The van der Waals surface area contributed by atoms with E-state index in [-0.39, 0.29) is 5.91 Å². The molecule has 17 heavy (non-hydrogen) atoms. The van der Waals surface area contributed by atoms with Crippen LogP contribution in [-0.4, -0.2) is 24.0 Å². The second-order valence-electron chi connectivity index (χ2n) is 4.52. The molecule has 0 spiro atoms. The lowest BCUT2D eigenvalue weighted by Crippen LogP contribution is -2.32. The number of aromatic nitrogens is 1. The third-order valence-corrected chi connectivity index (χ3v) is 3.81. The maximum atomic E-state index is 11.5. The molecule has 1 saturated carbocycles. The van der Waals surface area contributed by atoms with Gasteiger partial charge in [0.25, 0.3) is 0 Å². The Morgan fingerprint density at radius 1 is 1.41 bits per heavy atom. The summed E-state index contributed by atoms with van der Waals surface area (Å²) in [6, 6.07) is 0. The molecule has 0 aliphatic heterocycles. The molecule has 1 fully saturated rings. The molecule has 1 amide bonds. The minimum absolute atomic E-state index is 0.00393. The molecular formula is C12H19N3OS. The molecule has 1 aliphatic rings. The van der Waals surface area contributed by atoms with Gasteiger partial charge in [-0.25, -0.2) is 4.98 Å². The summed E-state index contributed by atoms with van der Waals surface area (Å²) in [4.78, 5) is 15.6. The summed E-state index contributed by atoms with van der Waals surface area (Å²) < 4.78 is 0. The maximum Gasteiger partial charge on any atom is 0.240 e. The van der Waals surface area contributed by atoms with Crippen molar-refractivity contribution in [2.24, 2.45) is 5.92 Å². The number of nitrogens with zero attached hydrogens (tertiary/aromatic N) is 1. The van der Waals surface area contributed by atoms with Crippen molar-refractivity contribution in [3.8, 4) is 0 Å². The molecular weight excluding hydrogens is 234 g/mol. The molecule has 0 bridgehead atoms. The fraction of sp³-hybridized carbons (Fsp3) is 0.667. The molecule has 2 rings (SSSR count). The van der Waals surface area contributed by atoms with Gasteiger partial charge in [-0.1, -0.05) is 19.3 Å². The van der Waals surface area contributed by atoms with Gasteiger partial charge in [-0.15, -0.1) is 11.3 Å². The first-order chi connectivity index (χ1) is 8.34. The van der Waals surface area contributed by atoms with Crippen molar-refractivity contribution in [3.05, 3.63) is 11.6 Å². The number of nitrogens with one attached hydrogen (secondary N) is 2. The third kappa shape index (κ3) is 4.44. The summed E-state index contributed by atoms with van der Waals surface area (Å²) in [6.07, 6.45) is 8.37. The Hall–Kier alpha value is -0.940. The molecule has 0 radical (unpaired) electrons. The molecule has 1 aromatic rings. The number of amides is 1. The summed E-state index contributed by atoms with van der Waals surface area (Å²) in [5.74, 6) is 0.757. The van der Waals surface area contributed by atoms with Gasteiger partial charge in [0, 0.05) is 11.6 Å². The fourth-order valence-electron chi connectivity index (χ4n) is 2.23. The zero-order valence-corrected chi connectivity index (χ0v) is 10.8. The van der Waals surface area contributed by atoms with E-state index in [9.17, 15) is 4.79 Å². The van der Waals surface area contributed by atoms with E-state index < -0.39 is 0 Å². The van der Waals surface area contributed by atoms with Crippen molar-refractivity contribution in [2.75, 3.05) is 18.4 Å². The highest BCUT2D eigenvalue weighted by Crippen LogP contribution is 2.22. The SMILES string of the molecule is O=C(CNCC1CCCCC1)Nc1nccs1. The number of thiazole rings is 1. The molecule has 0 aromatic carbocycles. The molecule has 0 unspecified atom stereocenters. The van der Waals surface area contributed by atoms with Crippen LogP contribution in [-0.2, 0) is 4.79 Å². The first-order valence-electron chi connectivity index (χ1n) is 6.24. The third-order valence-electron chi connectivity index (χ3n) is 3.12. The van der Waals surface area contributed by atoms with E-state index in [0.29, 0.717) is 11.7 Å². The van der Waals surface area contributed by atoms with Crippen LogP contribution < -0.4 is 10.6 Å². The molecule has 2 N–H and O–H groups in total. The van der Waals surface area contributed by atoms with Crippen molar-refractivity contribution >= 4 is 22.4 Å². The van der Waals surface area contributed by atoms with Gasteiger partial charge in [0.2, 0.25) is 5.91 Å². The molecule has 0 atom stereocenters. The summed E-state index contributed by atoms with van der Waals surface area (Å²) in [7, 11) is 0. The quantitative estimate of drug-likeness (QED) is 0.846. The standard InChI is InChI=1S/C12H19N3OS/c16-11(15-12-14-6-7-17-12)9-13-8-10-4-2-1-3-5-10/h6-7,10,13H,1-5,8-9H2,(H,14,15,16). The average Bonchev–Trinajstić information content (AvgIpc) is 2.83.